The third-order valence-corrected chi connectivity index (χ3v) is 5.53. The Morgan fingerprint density at radius 3 is 2.65 bits per heavy atom. The molecule has 9 heteroatoms. The Hall–Kier alpha value is -3.59. The summed E-state index contributed by atoms with van der Waals surface area (Å²) in [7, 11) is 0. The van der Waals surface area contributed by atoms with Crippen LogP contribution in [0.5, 0.6) is 11.5 Å². The fourth-order valence-corrected chi connectivity index (χ4v) is 3.89. The van der Waals surface area contributed by atoms with Gasteiger partial charge in [-0.25, -0.2) is 0 Å². The lowest BCUT2D eigenvalue weighted by molar-refractivity contribution is -0.113. The van der Waals surface area contributed by atoms with Gasteiger partial charge < -0.3 is 14.8 Å². The van der Waals surface area contributed by atoms with E-state index in [1.54, 1.807) is 18.2 Å². The number of benzene rings is 2. The molecule has 0 fully saturated rings. The maximum atomic E-state index is 12.6. The van der Waals surface area contributed by atoms with Crippen molar-refractivity contribution in [2.75, 3.05) is 17.9 Å². The van der Waals surface area contributed by atoms with Crippen molar-refractivity contribution >= 4 is 29.1 Å². The highest BCUT2D eigenvalue weighted by Gasteiger charge is 2.21. The molecule has 31 heavy (non-hydrogen) atoms. The minimum Gasteiger partial charge on any atom is -0.454 e. The number of ketones is 1. The molecule has 3 aromatic rings. The number of allylic oxidation sites excluding steroid dienone is 1. The fourth-order valence-electron chi connectivity index (χ4n) is 3.14. The molecule has 8 nitrogen and oxygen atoms in total. The normalized spacial score (nSPS) is 11.9. The number of fused-ring (bicyclic) bond motifs is 1. The molecule has 0 radical (unpaired) electrons. The quantitative estimate of drug-likeness (QED) is 0.326. The molecule has 1 amide bonds. The first-order chi connectivity index (χ1) is 15.1. The van der Waals surface area contributed by atoms with Crippen LogP contribution in [0.2, 0.25) is 0 Å². The molecule has 1 N–H and O–H groups in total. The molecule has 0 aliphatic carbocycles. The number of carbonyl (C=O) groups excluding carboxylic acids is 2. The van der Waals surface area contributed by atoms with Gasteiger partial charge in [0, 0.05) is 23.7 Å². The van der Waals surface area contributed by atoms with E-state index in [0.717, 1.165) is 5.56 Å². The second-order valence-electron chi connectivity index (χ2n) is 6.72. The molecule has 2 aromatic carbocycles. The van der Waals surface area contributed by atoms with E-state index in [1.165, 1.54) is 18.7 Å². The van der Waals surface area contributed by atoms with E-state index in [-0.39, 0.29) is 24.2 Å². The highest BCUT2D eigenvalue weighted by molar-refractivity contribution is 7.99. The highest BCUT2D eigenvalue weighted by Crippen LogP contribution is 2.37. The van der Waals surface area contributed by atoms with E-state index in [2.05, 4.69) is 22.1 Å². The molecule has 1 aliphatic rings. The average molecular weight is 436 g/mol. The zero-order chi connectivity index (χ0) is 21.8. The van der Waals surface area contributed by atoms with Crippen molar-refractivity contribution in [3.05, 3.63) is 60.7 Å². The number of hydrogen-bond acceptors (Lipinski definition) is 7. The van der Waals surface area contributed by atoms with Crippen molar-refractivity contribution in [1.82, 2.24) is 14.8 Å². The molecule has 0 unspecified atom stereocenters. The molecule has 0 saturated heterocycles. The van der Waals surface area contributed by atoms with E-state index in [0.29, 0.717) is 40.3 Å². The standard InChI is InChI=1S/C22H20N4O4S/c1-3-9-26-21(15-7-5-4-6-8-15)24-25-22(26)31-12-20(28)23-17-11-19-18(29-13-30-19)10-16(17)14(2)27/h3-8,10-11H,1,9,12-13H2,2H3,(H,23,28). The summed E-state index contributed by atoms with van der Waals surface area (Å²) in [6.45, 7) is 5.83. The zero-order valence-electron chi connectivity index (χ0n) is 16.8. The summed E-state index contributed by atoms with van der Waals surface area (Å²) in [6.07, 6.45) is 1.76. The second kappa shape index (κ2) is 9.05. The third-order valence-electron chi connectivity index (χ3n) is 4.56. The van der Waals surface area contributed by atoms with Crippen LogP contribution in [0.3, 0.4) is 0 Å². The van der Waals surface area contributed by atoms with Crippen molar-refractivity contribution in [3.63, 3.8) is 0 Å². The van der Waals surface area contributed by atoms with Crippen molar-refractivity contribution < 1.29 is 19.1 Å². The summed E-state index contributed by atoms with van der Waals surface area (Å²) in [5, 5.41) is 11.9. The van der Waals surface area contributed by atoms with Crippen molar-refractivity contribution in [3.8, 4) is 22.9 Å². The van der Waals surface area contributed by atoms with Crippen LogP contribution in [-0.2, 0) is 11.3 Å². The number of thioether (sulfide) groups is 1. The molecule has 0 atom stereocenters. The van der Waals surface area contributed by atoms with Gasteiger partial charge >= 0.3 is 0 Å². The topological polar surface area (TPSA) is 95.3 Å². The summed E-state index contributed by atoms with van der Waals surface area (Å²) in [6, 6.07) is 12.9. The molecular formula is C22H20N4O4S. The van der Waals surface area contributed by atoms with E-state index >= 15 is 0 Å². The number of amides is 1. The lowest BCUT2D eigenvalue weighted by Crippen LogP contribution is -2.16. The first-order valence-electron chi connectivity index (χ1n) is 9.53. The van der Waals surface area contributed by atoms with Gasteiger partial charge in [-0.3, -0.25) is 14.2 Å². The maximum absolute atomic E-state index is 12.6. The van der Waals surface area contributed by atoms with Crippen LogP contribution >= 0.6 is 11.8 Å². The minimum absolute atomic E-state index is 0.0860. The van der Waals surface area contributed by atoms with Crippen LogP contribution in [0.4, 0.5) is 5.69 Å². The van der Waals surface area contributed by atoms with E-state index < -0.39 is 0 Å². The Balaban J connectivity index is 1.49. The molecule has 158 valence electrons. The van der Waals surface area contributed by atoms with Crippen LogP contribution in [0.15, 0.2) is 60.3 Å². The number of rotatable bonds is 8. The number of Topliss-reactive ketones (excluding diaryl/α,β-unsaturated/α-hetero) is 1. The monoisotopic (exact) mass is 436 g/mol. The smallest absolute Gasteiger partial charge is 0.234 e. The number of nitrogens with one attached hydrogen (secondary N) is 1. The summed E-state index contributed by atoms with van der Waals surface area (Å²) in [5.41, 5.74) is 1.68. The Morgan fingerprint density at radius 2 is 1.94 bits per heavy atom. The third kappa shape index (κ3) is 4.46. The van der Waals surface area contributed by atoms with Gasteiger partial charge in [-0.2, -0.15) is 0 Å². The van der Waals surface area contributed by atoms with Crippen LogP contribution in [0.25, 0.3) is 11.4 Å². The molecule has 1 aromatic heterocycles. The fraction of sp³-hybridized carbons (Fsp3) is 0.182. The molecule has 0 saturated carbocycles. The van der Waals surface area contributed by atoms with Gasteiger partial charge in [0.15, 0.2) is 28.3 Å². The van der Waals surface area contributed by atoms with Gasteiger partial charge in [0.05, 0.1) is 11.4 Å². The average Bonchev–Trinajstić information content (AvgIpc) is 3.39. The molecular weight excluding hydrogens is 416 g/mol. The van der Waals surface area contributed by atoms with Gasteiger partial charge in [0.1, 0.15) is 0 Å². The summed E-state index contributed by atoms with van der Waals surface area (Å²) in [5.74, 6) is 1.32. The number of ether oxygens (including phenoxy) is 2. The predicted octanol–water partition coefficient (Wildman–Crippen LogP) is 3.79. The predicted molar refractivity (Wildman–Crippen MR) is 118 cm³/mol. The maximum Gasteiger partial charge on any atom is 0.234 e. The number of aromatic nitrogens is 3. The first-order valence-corrected chi connectivity index (χ1v) is 10.5. The summed E-state index contributed by atoms with van der Waals surface area (Å²) >= 11 is 1.26. The minimum atomic E-state index is -0.277. The zero-order valence-corrected chi connectivity index (χ0v) is 17.6. The van der Waals surface area contributed by atoms with Crippen molar-refractivity contribution in [2.45, 2.75) is 18.6 Å². The number of nitrogens with zero attached hydrogens (tertiary/aromatic N) is 3. The van der Waals surface area contributed by atoms with Gasteiger partial charge in [-0.1, -0.05) is 48.2 Å². The van der Waals surface area contributed by atoms with Gasteiger partial charge in [-0.05, 0) is 13.0 Å². The lowest BCUT2D eigenvalue weighted by Gasteiger charge is -2.11. The Kier molecular flexibility index (Phi) is 6.03. The molecule has 0 bridgehead atoms. The highest BCUT2D eigenvalue weighted by atomic mass is 32.2. The van der Waals surface area contributed by atoms with Gasteiger partial charge in [-0.15, -0.1) is 16.8 Å². The van der Waals surface area contributed by atoms with E-state index in [4.69, 9.17) is 9.47 Å². The Labute approximate surface area is 183 Å². The van der Waals surface area contributed by atoms with Crippen molar-refractivity contribution in [2.24, 2.45) is 0 Å². The molecule has 0 spiro atoms. The first kappa shape index (κ1) is 20.7. The van der Waals surface area contributed by atoms with Crippen LogP contribution in [-0.4, -0.2) is 39.0 Å². The van der Waals surface area contributed by atoms with Crippen LogP contribution in [0.1, 0.15) is 17.3 Å². The van der Waals surface area contributed by atoms with E-state index in [1.807, 2.05) is 34.9 Å². The second-order valence-corrected chi connectivity index (χ2v) is 7.66. The lowest BCUT2D eigenvalue weighted by atomic mass is 10.1. The molecule has 1 aliphatic heterocycles. The summed E-state index contributed by atoms with van der Waals surface area (Å²) < 4.78 is 12.6. The van der Waals surface area contributed by atoms with Crippen LogP contribution in [0, 0.1) is 0 Å². The van der Waals surface area contributed by atoms with Crippen molar-refractivity contribution in [1.29, 1.82) is 0 Å². The van der Waals surface area contributed by atoms with E-state index in [9.17, 15) is 9.59 Å². The number of anilines is 1. The van der Waals surface area contributed by atoms with Gasteiger partial charge in [0.25, 0.3) is 0 Å². The number of hydrogen-bond donors (Lipinski definition) is 1. The summed E-state index contributed by atoms with van der Waals surface area (Å²) in [4.78, 5) is 24.6. The SMILES string of the molecule is C=CCn1c(SCC(=O)Nc2cc3c(cc2C(C)=O)OCO3)nnc1-c1ccccc1. The van der Waals surface area contributed by atoms with Crippen LogP contribution < -0.4 is 14.8 Å². The molecule has 4 rings (SSSR count). The largest absolute Gasteiger partial charge is 0.454 e. The Morgan fingerprint density at radius 1 is 1.19 bits per heavy atom. The number of carbonyl (C=O) groups is 2. The van der Waals surface area contributed by atoms with Gasteiger partial charge in [0.2, 0.25) is 12.7 Å². The Bertz CT molecular complexity index is 1140. The molecule has 2 heterocycles.